The summed E-state index contributed by atoms with van der Waals surface area (Å²) < 4.78 is 9.60. The molecule has 0 aromatic heterocycles. The van der Waals surface area contributed by atoms with Crippen LogP contribution in [0.1, 0.15) is 47.0 Å². The van der Waals surface area contributed by atoms with Gasteiger partial charge in [-0.1, -0.05) is 27.7 Å². The Hall–Kier alpha value is -2.50. The lowest BCUT2D eigenvalue weighted by Crippen LogP contribution is -2.55. The number of hydrogen-bond donors (Lipinski definition) is 4. The molecule has 0 fully saturated rings. The number of alkyl carbamates (subject to hydrolysis) is 1. The normalized spacial score (nSPS) is 12.5. The minimum Gasteiger partial charge on any atom is -0.469 e. The van der Waals surface area contributed by atoms with Crippen LogP contribution in [0.5, 0.6) is 0 Å². The summed E-state index contributed by atoms with van der Waals surface area (Å²) in [7, 11) is 1.25. The van der Waals surface area contributed by atoms with E-state index in [1.165, 1.54) is 18.9 Å². The topological polar surface area (TPSA) is 152 Å². The number of rotatable bonds is 16. The van der Waals surface area contributed by atoms with E-state index in [2.05, 4.69) is 26.0 Å². The van der Waals surface area contributed by atoms with E-state index in [0.29, 0.717) is 18.6 Å². The van der Waals surface area contributed by atoms with Crippen LogP contribution in [-0.4, -0.2) is 80.7 Å². The van der Waals surface area contributed by atoms with Crippen molar-refractivity contribution in [3.8, 4) is 0 Å². The zero-order chi connectivity index (χ0) is 26.1. The van der Waals surface area contributed by atoms with Gasteiger partial charge in [0, 0.05) is 6.54 Å². The molecule has 34 heavy (non-hydrogen) atoms. The van der Waals surface area contributed by atoms with Gasteiger partial charge in [0.25, 0.3) is 0 Å². The standard InChI is InChI=1S/C22H40N4O7S/c1-14(2)11-17(20(29)24-12-18(27)23-9-7-19(28)32-5)25-21(30)16(8-10-34-6)26-22(31)33-13-15(3)4/h14-17H,7-13H2,1-6H3,(H,23,27)(H,24,29)(H,25,30)(H,26,31). The average Bonchev–Trinajstić information content (AvgIpc) is 2.77. The van der Waals surface area contributed by atoms with Crippen LogP contribution in [-0.2, 0) is 28.7 Å². The number of thioether (sulfide) groups is 1. The Morgan fingerprint density at radius 1 is 0.882 bits per heavy atom. The Balaban J connectivity index is 4.98. The quantitative estimate of drug-likeness (QED) is 0.225. The summed E-state index contributed by atoms with van der Waals surface area (Å²) in [5.74, 6) is -1.09. The van der Waals surface area contributed by atoms with E-state index >= 15 is 0 Å². The SMILES string of the molecule is COC(=O)CCNC(=O)CNC(=O)C(CC(C)C)NC(=O)C(CCSC)NC(=O)OCC(C)C. The van der Waals surface area contributed by atoms with Gasteiger partial charge < -0.3 is 30.7 Å². The number of amides is 4. The molecule has 0 aromatic rings. The van der Waals surface area contributed by atoms with Gasteiger partial charge in [-0.25, -0.2) is 4.79 Å². The second-order valence-corrected chi connectivity index (χ2v) is 9.54. The molecular weight excluding hydrogens is 464 g/mol. The molecule has 12 heteroatoms. The van der Waals surface area contributed by atoms with Crippen molar-refractivity contribution >= 4 is 41.5 Å². The first-order chi connectivity index (χ1) is 16.0. The van der Waals surface area contributed by atoms with Crippen molar-refractivity contribution in [1.29, 1.82) is 0 Å². The van der Waals surface area contributed by atoms with Crippen molar-refractivity contribution in [2.24, 2.45) is 11.8 Å². The number of methoxy groups -OCH3 is 1. The van der Waals surface area contributed by atoms with Crippen molar-refractivity contribution in [3.63, 3.8) is 0 Å². The fourth-order valence-corrected chi connectivity index (χ4v) is 3.14. The van der Waals surface area contributed by atoms with Crippen molar-refractivity contribution in [1.82, 2.24) is 21.3 Å². The highest BCUT2D eigenvalue weighted by atomic mass is 32.2. The Morgan fingerprint density at radius 3 is 2.12 bits per heavy atom. The molecule has 2 unspecified atom stereocenters. The zero-order valence-corrected chi connectivity index (χ0v) is 21.8. The van der Waals surface area contributed by atoms with Gasteiger partial charge in [-0.3, -0.25) is 19.2 Å². The average molecular weight is 505 g/mol. The largest absolute Gasteiger partial charge is 0.469 e. The van der Waals surface area contributed by atoms with Gasteiger partial charge in [0.15, 0.2) is 0 Å². The maximum absolute atomic E-state index is 12.9. The molecule has 0 aliphatic heterocycles. The zero-order valence-electron chi connectivity index (χ0n) is 21.0. The van der Waals surface area contributed by atoms with Gasteiger partial charge in [0.1, 0.15) is 12.1 Å². The molecule has 0 saturated carbocycles. The first kappa shape index (κ1) is 31.5. The Morgan fingerprint density at radius 2 is 1.56 bits per heavy atom. The molecule has 0 aliphatic rings. The fourth-order valence-electron chi connectivity index (χ4n) is 2.67. The molecule has 0 radical (unpaired) electrons. The molecule has 0 saturated heterocycles. The van der Waals surface area contributed by atoms with Crippen LogP contribution >= 0.6 is 11.8 Å². The van der Waals surface area contributed by atoms with Gasteiger partial charge in [-0.15, -0.1) is 0 Å². The summed E-state index contributed by atoms with van der Waals surface area (Å²) in [5.41, 5.74) is 0. The van der Waals surface area contributed by atoms with Gasteiger partial charge in [0.05, 0.1) is 26.7 Å². The minimum absolute atomic E-state index is 0.0201. The third kappa shape index (κ3) is 15.4. The van der Waals surface area contributed by atoms with Crippen LogP contribution in [0, 0.1) is 11.8 Å². The molecule has 196 valence electrons. The third-order valence-corrected chi connectivity index (χ3v) is 5.05. The molecule has 4 amide bonds. The van der Waals surface area contributed by atoms with Crippen molar-refractivity contribution in [2.45, 2.75) is 59.0 Å². The van der Waals surface area contributed by atoms with Crippen molar-refractivity contribution in [3.05, 3.63) is 0 Å². The number of carbonyl (C=O) groups excluding carboxylic acids is 5. The van der Waals surface area contributed by atoms with E-state index in [1.807, 2.05) is 34.0 Å². The number of nitrogens with one attached hydrogen (secondary N) is 4. The summed E-state index contributed by atoms with van der Waals surface area (Å²) in [6.45, 7) is 7.61. The van der Waals surface area contributed by atoms with E-state index in [4.69, 9.17) is 4.74 Å². The number of ether oxygens (including phenoxy) is 2. The van der Waals surface area contributed by atoms with E-state index in [9.17, 15) is 24.0 Å². The van der Waals surface area contributed by atoms with Crippen molar-refractivity contribution < 1.29 is 33.4 Å². The highest BCUT2D eigenvalue weighted by Gasteiger charge is 2.27. The molecule has 0 spiro atoms. The van der Waals surface area contributed by atoms with Gasteiger partial charge in [0.2, 0.25) is 17.7 Å². The maximum atomic E-state index is 12.9. The molecule has 0 aromatic carbocycles. The first-order valence-corrected chi connectivity index (χ1v) is 12.7. The van der Waals surface area contributed by atoms with Crippen LogP contribution < -0.4 is 21.3 Å². The lowest BCUT2D eigenvalue weighted by Gasteiger charge is -2.24. The van der Waals surface area contributed by atoms with Crippen molar-refractivity contribution in [2.75, 3.05) is 38.8 Å². The lowest BCUT2D eigenvalue weighted by molar-refractivity contribution is -0.140. The number of esters is 1. The molecule has 2 atom stereocenters. The maximum Gasteiger partial charge on any atom is 0.407 e. The smallest absolute Gasteiger partial charge is 0.407 e. The van der Waals surface area contributed by atoms with E-state index in [0.717, 1.165) is 0 Å². The monoisotopic (exact) mass is 504 g/mol. The minimum atomic E-state index is -0.888. The first-order valence-electron chi connectivity index (χ1n) is 11.3. The third-order valence-electron chi connectivity index (χ3n) is 4.41. The summed E-state index contributed by atoms with van der Waals surface area (Å²) >= 11 is 1.52. The number of carbonyl (C=O) groups is 5. The highest BCUT2D eigenvalue weighted by molar-refractivity contribution is 7.98. The summed E-state index contributed by atoms with van der Waals surface area (Å²) in [4.78, 5) is 60.7. The molecule has 0 heterocycles. The van der Waals surface area contributed by atoms with Crippen LogP contribution in [0.4, 0.5) is 4.79 Å². The predicted molar refractivity (Wildman–Crippen MR) is 130 cm³/mol. The van der Waals surface area contributed by atoms with Crippen LogP contribution in [0.25, 0.3) is 0 Å². The second kappa shape index (κ2) is 17.9. The second-order valence-electron chi connectivity index (χ2n) is 8.56. The number of hydrogen-bond acceptors (Lipinski definition) is 8. The molecule has 0 bridgehead atoms. The van der Waals surface area contributed by atoms with Gasteiger partial charge in [-0.2, -0.15) is 11.8 Å². The summed E-state index contributed by atoms with van der Waals surface area (Å²) in [5, 5.41) is 10.3. The molecule has 11 nitrogen and oxygen atoms in total. The highest BCUT2D eigenvalue weighted by Crippen LogP contribution is 2.08. The molecule has 4 N–H and O–H groups in total. The molecule has 0 rings (SSSR count). The summed E-state index contributed by atoms with van der Waals surface area (Å²) in [6, 6.07) is -1.75. The summed E-state index contributed by atoms with van der Waals surface area (Å²) in [6.07, 6.45) is 1.92. The lowest BCUT2D eigenvalue weighted by atomic mass is 10.0. The van der Waals surface area contributed by atoms with Gasteiger partial charge >= 0.3 is 12.1 Å². The van der Waals surface area contributed by atoms with Crippen LogP contribution in [0.3, 0.4) is 0 Å². The van der Waals surface area contributed by atoms with Crippen LogP contribution in [0.15, 0.2) is 0 Å². The van der Waals surface area contributed by atoms with E-state index in [-0.39, 0.29) is 38.0 Å². The predicted octanol–water partition coefficient (Wildman–Crippen LogP) is 0.817. The Kier molecular flexibility index (Phi) is 16.6. The Bertz CT molecular complexity index is 674. The fraction of sp³-hybridized carbons (Fsp3) is 0.773. The van der Waals surface area contributed by atoms with Gasteiger partial charge in [-0.05, 0) is 36.7 Å². The molecule has 0 aliphatic carbocycles. The van der Waals surface area contributed by atoms with E-state index in [1.54, 1.807) is 0 Å². The Labute approximate surface area is 206 Å². The van der Waals surface area contributed by atoms with Crippen LogP contribution in [0.2, 0.25) is 0 Å². The molecular formula is C22H40N4O7S. The van der Waals surface area contributed by atoms with E-state index < -0.39 is 41.9 Å².